The van der Waals surface area contributed by atoms with Crippen LogP contribution in [0.3, 0.4) is 0 Å². The van der Waals surface area contributed by atoms with Crippen LogP contribution in [0.15, 0.2) is 0 Å². The SMILES string of the molecule is CCc1nn(C)c(NCC(=O)NCCOC)c1N. The number of methoxy groups -OCH3 is 1. The van der Waals surface area contributed by atoms with Gasteiger partial charge in [-0.25, -0.2) is 0 Å². The molecule has 0 fully saturated rings. The summed E-state index contributed by atoms with van der Waals surface area (Å²) in [6.07, 6.45) is 0.765. The highest BCUT2D eigenvalue weighted by molar-refractivity contribution is 5.81. The van der Waals surface area contributed by atoms with Gasteiger partial charge in [-0.3, -0.25) is 9.48 Å². The van der Waals surface area contributed by atoms with E-state index in [-0.39, 0.29) is 12.5 Å². The van der Waals surface area contributed by atoms with Gasteiger partial charge < -0.3 is 21.1 Å². The van der Waals surface area contributed by atoms with Crippen molar-refractivity contribution in [2.75, 3.05) is 37.9 Å². The van der Waals surface area contributed by atoms with Gasteiger partial charge in [0.2, 0.25) is 5.91 Å². The molecule has 0 aliphatic heterocycles. The number of nitrogens with one attached hydrogen (secondary N) is 2. The smallest absolute Gasteiger partial charge is 0.239 e. The highest BCUT2D eigenvalue weighted by Crippen LogP contribution is 2.21. The van der Waals surface area contributed by atoms with Crippen molar-refractivity contribution in [2.45, 2.75) is 13.3 Å². The van der Waals surface area contributed by atoms with E-state index in [1.807, 2.05) is 6.92 Å². The predicted molar refractivity (Wildman–Crippen MR) is 70.4 cm³/mol. The third-order valence-electron chi connectivity index (χ3n) is 2.54. The summed E-state index contributed by atoms with van der Waals surface area (Å²) in [6, 6.07) is 0. The van der Waals surface area contributed by atoms with Crippen LogP contribution in [0, 0.1) is 0 Å². The van der Waals surface area contributed by atoms with Crippen molar-refractivity contribution in [1.82, 2.24) is 15.1 Å². The summed E-state index contributed by atoms with van der Waals surface area (Å²) < 4.78 is 6.49. The zero-order valence-electron chi connectivity index (χ0n) is 11.1. The van der Waals surface area contributed by atoms with Crippen LogP contribution >= 0.6 is 0 Å². The number of ether oxygens (including phenoxy) is 1. The number of carbonyl (C=O) groups excluding carboxylic acids is 1. The van der Waals surface area contributed by atoms with Gasteiger partial charge in [-0.2, -0.15) is 5.10 Å². The molecule has 0 radical (unpaired) electrons. The summed E-state index contributed by atoms with van der Waals surface area (Å²) in [4.78, 5) is 11.5. The first-order valence-electron chi connectivity index (χ1n) is 5.91. The maximum atomic E-state index is 11.5. The van der Waals surface area contributed by atoms with Crippen molar-refractivity contribution in [2.24, 2.45) is 7.05 Å². The highest BCUT2D eigenvalue weighted by atomic mass is 16.5. The second-order valence-corrected chi connectivity index (χ2v) is 3.88. The normalized spacial score (nSPS) is 10.4. The Morgan fingerprint density at radius 1 is 1.56 bits per heavy atom. The van der Waals surface area contributed by atoms with Gasteiger partial charge in [0, 0.05) is 20.7 Å². The number of carbonyl (C=O) groups is 1. The van der Waals surface area contributed by atoms with Gasteiger partial charge in [-0.05, 0) is 6.42 Å². The van der Waals surface area contributed by atoms with Crippen LogP contribution in [0.25, 0.3) is 0 Å². The first-order valence-corrected chi connectivity index (χ1v) is 5.91. The number of rotatable bonds is 7. The Bertz CT molecular complexity index is 402. The van der Waals surface area contributed by atoms with Crippen LogP contribution in [-0.4, -0.2) is 42.5 Å². The number of nitrogens with zero attached hydrogens (tertiary/aromatic N) is 2. The minimum atomic E-state index is -0.106. The highest BCUT2D eigenvalue weighted by Gasteiger charge is 2.12. The molecule has 0 spiro atoms. The summed E-state index contributed by atoms with van der Waals surface area (Å²) >= 11 is 0. The zero-order valence-corrected chi connectivity index (χ0v) is 11.1. The summed E-state index contributed by atoms with van der Waals surface area (Å²) in [5.74, 6) is 0.569. The fourth-order valence-electron chi connectivity index (χ4n) is 1.59. The number of nitrogen functional groups attached to an aromatic ring is 1. The lowest BCUT2D eigenvalue weighted by atomic mass is 10.3. The summed E-state index contributed by atoms with van der Waals surface area (Å²) in [6.45, 7) is 3.15. The standard InChI is InChI=1S/C11H21N5O2/c1-4-8-10(12)11(16(2)15-8)14-7-9(17)13-5-6-18-3/h14H,4-7,12H2,1-3H3,(H,13,17). The van der Waals surface area contributed by atoms with Gasteiger partial charge in [0.15, 0.2) is 0 Å². The van der Waals surface area contributed by atoms with Crippen molar-refractivity contribution >= 4 is 17.4 Å². The Hall–Kier alpha value is -1.76. The Morgan fingerprint density at radius 2 is 2.28 bits per heavy atom. The van der Waals surface area contributed by atoms with Gasteiger partial charge in [-0.15, -0.1) is 0 Å². The van der Waals surface area contributed by atoms with Gasteiger partial charge >= 0.3 is 0 Å². The molecule has 1 amide bonds. The van der Waals surface area contributed by atoms with Crippen molar-refractivity contribution in [3.05, 3.63) is 5.69 Å². The summed E-state index contributed by atoms with van der Waals surface area (Å²) in [5.41, 5.74) is 7.36. The van der Waals surface area contributed by atoms with Gasteiger partial charge in [0.05, 0.1) is 24.5 Å². The van der Waals surface area contributed by atoms with Crippen molar-refractivity contribution in [1.29, 1.82) is 0 Å². The molecule has 1 heterocycles. The molecule has 1 aromatic heterocycles. The van der Waals surface area contributed by atoms with E-state index in [2.05, 4.69) is 15.7 Å². The molecule has 4 N–H and O–H groups in total. The molecule has 0 saturated heterocycles. The van der Waals surface area contributed by atoms with Crippen molar-refractivity contribution in [3.8, 4) is 0 Å². The lowest BCUT2D eigenvalue weighted by Crippen LogP contribution is -2.32. The molecule has 7 heteroatoms. The van der Waals surface area contributed by atoms with Crippen LogP contribution in [0.2, 0.25) is 0 Å². The van der Waals surface area contributed by atoms with E-state index in [9.17, 15) is 4.79 Å². The fourth-order valence-corrected chi connectivity index (χ4v) is 1.59. The van der Waals surface area contributed by atoms with Crippen molar-refractivity contribution < 1.29 is 9.53 Å². The molecule has 0 bridgehead atoms. The molecule has 0 aliphatic carbocycles. The zero-order chi connectivity index (χ0) is 13.5. The Labute approximate surface area is 107 Å². The number of hydrogen-bond acceptors (Lipinski definition) is 5. The van der Waals surface area contributed by atoms with Gasteiger partial charge in [-0.1, -0.05) is 6.92 Å². The number of anilines is 2. The molecule has 0 saturated carbocycles. The van der Waals surface area contributed by atoms with Crippen LogP contribution in [0.1, 0.15) is 12.6 Å². The van der Waals surface area contributed by atoms with Crippen LogP contribution in [0.4, 0.5) is 11.5 Å². The molecule has 0 atom stereocenters. The topological polar surface area (TPSA) is 94.2 Å². The van der Waals surface area contributed by atoms with E-state index in [4.69, 9.17) is 10.5 Å². The molecule has 0 unspecified atom stereocenters. The largest absolute Gasteiger partial charge is 0.394 e. The van der Waals surface area contributed by atoms with Gasteiger partial charge in [0.1, 0.15) is 5.82 Å². The molecule has 0 aromatic carbocycles. The average molecular weight is 255 g/mol. The van der Waals surface area contributed by atoms with Crippen LogP contribution < -0.4 is 16.4 Å². The molecule has 1 aromatic rings. The number of aromatic nitrogens is 2. The minimum Gasteiger partial charge on any atom is -0.394 e. The van der Waals surface area contributed by atoms with Gasteiger partial charge in [0.25, 0.3) is 0 Å². The van der Waals surface area contributed by atoms with E-state index < -0.39 is 0 Å². The summed E-state index contributed by atoms with van der Waals surface area (Å²) in [7, 11) is 3.38. The Kier molecular flexibility index (Phi) is 5.44. The molecule has 18 heavy (non-hydrogen) atoms. The van der Waals surface area contributed by atoms with E-state index in [0.29, 0.717) is 24.7 Å². The second kappa shape index (κ2) is 6.85. The summed E-state index contributed by atoms with van der Waals surface area (Å²) in [5, 5.41) is 9.96. The first kappa shape index (κ1) is 14.3. The Balaban J connectivity index is 2.48. The second-order valence-electron chi connectivity index (χ2n) is 3.88. The number of nitrogens with two attached hydrogens (primary N) is 1. The lowest BCUT2D eigenvalue weighted by Gasteiger charge is -2.08. The van der Waals surface area contributed by atoms with E-state index >= 15 is 0 Å². The molecule has 7 nitrogen and oxygen atoms in total. The molecule has 0 aliphatic rings. The molecule has 1 rings (SSSR count). The fraction of sp³-hybridized carbons (Fsp3) is 0.636. The quantitative estimate of drug-likeness (QED) is 0.584. The molecular weight excluding hydrogens is 234 g/mol. The number of aryl methyl sites for hydroxylation is 2. The third-order valence-corrected chi connectivity index (χ3v) is 2.54. The first-order chi connectivity index (χ1) is 8.60. The minimum absolute atomic E-state index is 0.106. The van der Waals surface area contributed by atoms with Crippen LogP contribution in [-0.2, 0) is 23.0 Å². The third kappa shape index (κ3) is 3.63. The lowest BCUT2D eigenvalue weighted by molar-refractivity contribution is -0.119. The Morgan fingerprint density at radius 3 is 2.83 bits per heavy atom. The van der Waals surface area contributed by atoms with E-state index in [1.54, 1.807) is 18.8 Å². The van der Waals surface area contributed by atoms with E-state index in [0.717, 1.165) is 12.1 Å². The maximum absolute atomic E-state index is 11.5. The average Bonchev–Trinajstić information content (AvgIpc) is 2.62. The molecular formula is C11H21N5O2. The number of hydrogen-bond donors (Lipinski definition) is 3. The van der Waals surface area contributed by atoms with Crippen molar-refractivity contribution in [3.63, 3.8) is 0 Å². The maximum Gasteiger partial charge on any atom is 0.239 e. The van der Waals surface area contributed by atoms with Crippen LogP contribution in [0.5, 0.6) is 0 Å². The van der Waals surface area contributed by atoms with E-state index in [1.165, 1.54) is 0 Å². The number of amides is 1. The predicted octanol–water partition coefficient (Wildman–Crippen LogP) is -0.261. The molecule has 102 valence electrons. The monoisotopic (exact) mass is 255 g/mol.